The Morgan fingerprint density at radius 2 is 2.21 bits per heavy atom. The predicted molar refractivity (Wildman–Crippen MR) is 58.5 cm³/mol. The number of alkyl halides is 1. The minimum atomic E-state index is 0.356. The van der Waals surface area contributed by atoms with E-state index in [4.69, 9.17) is 9.47 Å². The van der Waals surface area contributed by atoms with E-state index in [0.717, 1.165) is 18.5 Å². The average molecular weight is 257 g/mol. The first kappa shape index (κ1) is 10.1. The Morgan fingerprint density at radius 1 is 1.43 bits per heavy atom. The van der Waals surface area contributed by atoms with Crippen molar-refractivity contribution >= 4 is 15.9 Å². The molecule has 1 saturated heterocycles. The van der Waals surface area contributed by atoms with Crippen molar-refractivity contribution in [2.45, 2.75) is 18.0 Å². The van der Waals surface area contributed by atoms with Crippen LogP contribution in [0.1, 0.15) is 11.1 Å². The van der Waals surface area contributed by atoms with Gasteiger partial charge in [-0.2, -0.15) is 0 Å². The summed E-state index contributed by atoms with van der Waals surface area (Å²) in [5.41, 5.74) is 2.51. The maximum atomic E-state index is 5.50. The van der Waals surface area contributed by atoms with E-state index >= 15 is 0 Å². The summed E-state index contributed by atoms with van der Waals surface area (Å²) in [5, 5.41) is 0.895. The topological polar surface area (TPSA) is 21.8 Å². The molecule has 0 amide bonds. The van der Waals surface area contributed by atoms with Crippen LogP contribution >= 0.6 is 15.9 Å². The summed E-state index contributed by atoms with van der Waals surface area (Å²) in [6.45, 7) is 2.26. The normalized spacial score (nSPS) is 19.6. The van der Waals surface area contributed by atoms with Gasteiger partial charge in [0.15, 0.2) is 0 Å². The SMILES string of the molecule is BrCc1cccc(COCC2CO2)c1. The van der Waals surface area contributed by atoms with E-state index in [1.807, 2.05) is 0 Å². The quantitative estimate of drug-likeness (QED) is 0.597. The molecule has 0 radical (unpaired) electrons. The van der Waals surface area contributed by atoms with Crippen LogP contribution in [-0.2, 0) is 21.4 Å². The maximum Gasteiger partial charge on any atom is 0.104 e. The number of benzene rings is 1. The number of epoxide rings is 1. The highest BCUT2D eigenvalue weighted by atomic mass is 79.9. The fraction of sp³-hybridized carbons (Fsp3) is 0.455. The van der Waals surface area contributed by atoms with Gasteiger partial charge >= 0.3 is 0 Å². The molecule has 1 heterocycles. The molecule has 1 aliphatic rings. The molecule has 2 rings (SSSR count). The summed E-state index contributed by atoms with van der Waals surface area (Å²) in [6.07, 6.45) is 0.356. The fourth-order valence-corrected chi connectivity index (χ4v) is 1.62. The number of halogens is 1. The summed E-state index contributed by atoms with van der Waals surface area (Å²) in [7, 11) is 0. The third-order valence-corrected chi connectivity index (χ3v) is 2.77. The van der Waals surface area contributed by atoms with Gasteiger partial charge in [0.1, 0.15) is 6.10 Å². The molecule has 1 aromatic carbocycles. The van der Waals surface area contributed by atoms with Crippen LogP contribution in [0.2, 0.25) is 0 Å². The van der Waals surface area contributed by atoms with Crippen molar-refractivity contribution in [1.29, 1.82) is 0 Å². The highest BCUT2D eigenvalue weighted by molar-refractivity contribution is 9.08. The number of rotatable bonds is 5. The molecule has 1 aromatic rings. The maximum absolute atomic E-state index is 5.50. The molecule has 0 aliphatic carbocycles. The van der Waals surface area contributed by atoms with Gasteiger partial charge in [-0.15, -0.1) is 0 Å². The molecular formula is C11H13BrO2. The molecule has 14 heavy (non-hydrogen) atoms. The molecule has 0 saturated carbocycles. The van der Waals surface area contributed by atoms with Crippen LogP contribution in [0, 0.1) is 0 Å². The van der Waals surface area contributed by atoms with Gasteiger partial charge in [-0.25, -0.2) is 0 Å². The van der Waals surface area contributed by atoms with Gasteiger partial charge in [-0.3, -0.25) is 0 Å². The summed E-state index contributed by atoms with van der Waals surface area (Å²) >= 11 is 3.43. The fourth-order valence-electron chi connectivity index (χ4n) is 1.28. The lowest BCUT2D eigenvalue weighted by atomic mass is 10.1. The van der Waals surface area contributed by atoms with Gasteiger partial charge < -0.3 is 9.47 Å². The smallest absolute Gasteiger partial charge is 0.104 e. The number of ether oxygens (including phenoxy) is 2. The van der Waals surface area contributed by atoms with E-state index in [0.29, 0.717) is 12.7 Å². The highest BCUT2D eigenvalue weighted by Gasteiger charge is 2.22. The van der Waals surface area contributed by atoms with Crippen molar-refractivity contribution in [3.63, 3.8) is 0 Å². The molecule has 1 atom stereocenters. The zero-order valence-corrected chi connectivity index (χ0v) is 9.50. The van der Waals surface area contributed by atoms with Crippen LogP contribution in [0.15, 0.2) is 24.3 Å². The Kier molecular flexibility index (Phi) is 3.56. The van der Waals surface area contributed by atoms with Crippen LogP contribution < -0.4 is 0 Å². The van der Waals surface area contributed by atoms with Crippen LogP contribution in [0.25, 0.3) is 0 Å². The Balaban J connectivity index is 1.81. The summed E-state index contributed by atoms with van der Waals surface area (Å²) in [6, 6.07) is 8.40. The van der Waals surface area contributed by atoms with Crippen LogP contribution in [0.3, 0.4) is 0 Å². The van der Waals surface area contributed by atoms with E-state index in [2.05, 4.69) is 40.2 Å². The second-order valence-corrected chi connectivity index (χ2v) is 3.98. The van der Waals surface area contributed by atoms with E-state index < -0.39 is 0 Å². The third kappa shape index (κ3) is 3.08. The average Bonchev–Trinajstić information content (AvgIpc) is 3.02. The molecule has 1 unspecified atom stereocenters. The zero-order valence-electron chi connectivity index (χ0n) is 7.91. The van der Waals surface area contributed by atoms with Crippen LogP contribution in [0.5, 0.6) is 0 Å². The predicted octanol–water partition coefficient (Wildman–Crippen LogP) is 2.50. The number of hydrogen-bond donors (Lipinski definition) is 0. The Bertz CT molecular complexity index is 297. The second-order valence-electron chi connectivity index (χ2n) is 3.42. The molecule has 0 N–H and O–H groups in total. The third-order valence-electron chi connectivity index (χ3n) is 2.12. The Hall–Kier alpha value is -0.380. The molecule has 0 spiro atoms. The first-order valence-electron chi connectivity index (χ1n) is 4.71. The van der Waals surface area contributed by atoms with E-state index in [9.17, 15) is 0 Å². The van der Waals surface area contributed by atoms with E-state index in [-0.39, 0.29) is 0 Å². The summed E-state index contributed by atoms with van der Waals surface area (Å²) in [4.78, 5) is 0. The Labute approximate surface area is 92.3 Å². The van der Waals surface area contributed by atoms with Crippen molar-refractivity contribution in [1.82, 2.24) is 0 Å². The summed E-state index contributed by atoms with van der Waals surface area (Å²) in [5.74, 6) is 0. The molecular weight excluding hydrogens is 244 g/mol. The molecule has 1 fully saturated rings. The van der Waals surface area contributed by atoms with Crippen molar-refractivity contribution < 1.29 is 9.47 Å². The molecule has 1 aliphatic heterocycles. The standard InChI is InChI=1S/C11H13BrO2/c12-5-9-2-1-3-10(4-9)6-13-7-11-8-14-11/h1-4,11H,5-8H2. The van der Waals surface area contributed by atoms with Crippen molar-refractivity contribution in [2.24, 2.45) is 0 Å². The van der Waals surface area contributed by atoms with Gasteiger partial charge in [-0.1, -0.05) is 40.2 Å². The lowest BCUT2D eigenvalue weighted by Gasteiger charge is -2.03. The highest BCUT2D eigenvalue weighted by Crippen LogP contribution is 2.12. The van der Waals surface area contributed by atoms with Crippen LogP contribution in [-0.4, -0.2) is 19.3 Å². The zero-order chi connectivity index (χ0) is 9.80. The van der Waals surface area contributed by atoms with E-state index in [1.165, 1.54) is 11.1 Å². The Morgan fingerprint density at radius 3 is 2.93 bits per heavy atom. The molecule has 0 aromatic heterocycles. The van der Waals surface area contributed by atoms with Gasteiger partial charge in [0.2, 0.25) is 0 Å². The van der Waals surface area contributed by atoms with Gasteiger partial charge in [-0.05, 0) is 11.1 Å². The van der Waals surface area contributed by atoms with Crippen LogP contribution in [0.4, 0.5) is 0 Å². The van der Waals surface area contributed by atoms with Gasteiger partial charge in [0.05, 0.1) is 19.8 Å². The molecule has 76 valence electrons. The lowest BCUT2D eigenvalue weighted by Crippen LogP contribution is -2.01. The van der Waals surface area contributed by atoms with Crippen molar-refractivity contribution in [2.75, 3.05) is 13.2 Å². The van der Waals surface area contributed by atoms with E-state index in [1.54, 1.807) is 0 Å². The van der Waals surface area contributed by atoms with Crippen molar-refractivity contribution in [3.8, 4) is 0 Å². The largest absolute Gasteiger partial charge is 0.374 e. The number of hydrogen-bond acceptors (Lipinski definition) is 2. The first-order valence-corrected chi connectivity index (χ1v) is 5.84. The molecule has 0 bridgehead atoms. The first-order chi connectivity index (χ1) is 6.88. The minimum absolute atomic E-state index is 0.356. The lowest BCUT2D eigenvalue weighted by molar-refractivity contribution is 0.104. The second kappa shape index (κ2) is 4.91. The van der Waals surface area contributed by atoms with Gasteiger partial charge in [0, 0.05) is 5.33 Å². The molecule has 2 nitrogen and oxygen atoms in total. The summed E-state index contributed by atoms with van der Waals surface area (Å²) < 4.78 is 10.6. The monoisotopic (exact) mass is 256 g/mol. The van der Waals surface area contributed by atoms with Gasteiger partial charge in [0.25, 0.3) is 0 Å². The minimum Gasteiger partial charge on any atom is -0.374 e. The molecule has 3 heteroatoms. The van der Waals surface area contributed by atoms with Crippen molar-refractivity contribution in [3.05, 3.63) is 35.4 Å².